The predicted molar refractivity (Wildman–Crippen MR) is 57.6 cm³/mol. The van der Waals surface area contributed by atoms with E-state index in [1.165, 1.54) is 43.1 Å². The fraction of sp³-hybridized carbons (Fsp3) is 0.800. The van der Waals surface area contributed by atoms with Crippen molar-refractivity contribution >= 4 is 11.8 Å². The lowest BCUT2D eigenvalue weighted by Gasteiger charge is -2.29. The lowest BCUT2D eigenvalue weighted by atomic mass is 10.2. The minimum Gasteiger partial charge on any atom is -0.374 e. The summed E-state index contributed by atoms with van der Waals surface area (Å²) in [5.74, 6) is 2.61. The molecule has 0 aromatic heterocycles. The highest BCUT2D eigenvalue weighted by molar-refractivity contribution is 7.99. The highest BCUT2D eigenvalue weighted by Crippen LogP contribution is 2.14. The van der Waals surface area contributed by atoms with Crippen molar-refractivity contribution in [3.8, 4) is 0 Å². The van der Waals surface area contributed by atoms with E-state index in [9.17, 15) is 0 Å². The Hall–Kier alpha value is -0.110. The lowest BCUT2D eigenvalue weighted by molar-refractivity contribution is 0.380. The molecule has 1 nitrogen and oxygen atoms in total. The van der Waals surface area contributed by atoms with Crippen molar-refractivity contribution in [3.63, 3.8) is 0 Å². The van der Waals surface area contributed by atoms with Gasteiger partial charge in [0.1, 0.15) is 0 Å². The summed E-state index contributed by atoms with van der Waals surface area (Å²) >= 11 is 2.07. The van der Waals surface area contributed by atoms with E-state index in [1.807, 2.05) is 0 Å². The Morgan fingerprint density at radius 3 is 2.67 bits per heavy atom. The number of hydrogen-bond acceptors (Lipinski definition) is 2. The van der Waals surface area contributed by atoms with Crippen LogP contribution >= 0.6 is 11.8 Å². The molecule has 0 aliphatic carbocycles. The summed E-state index contributed by atoms with van der Waals surface area (Å²) < 4.78 is 0. The Morgan fingerprint density at radius 2 is 2.08 bits per heavy atom. The van der Waals surface area contributed by atoms with E-state index in [0.29, 0.717) is 0 Å². The SMILES string of the molecule is CCC/C=C(\C)N1CCSCC1. The molecule has 0 bridgehead atoms. The Morgan fingerprint density at radius 1 is 1.42 bits per heavy atom. The molecule has 1 fully saturated rings. The van der Waals surface area contributed by atoms with Gasteiger partial charge < -0.3 is 4.90 Å². The second-order valence-electron chi connectivity index (χ2n) is 3.23. The Balaban J connectivity index is 2.33. The van der Waals surface area contributed by atoms with E-state index >= 15 is 0 Å². The highest BCUT2D eigenvalue weighted by Gasteiger charge is 2.09. The van der Waals surface area contributed by atoms with Gasteiger partial charge >= 0.3 is 0 Å². The highest BCUT2D eigenvalue weighted by atomic mass is 32.2. The van der Waals surface area contributed by atoms with Crippen molar-refractivity contribution in [1.29, 1.82) is 0 Å². The minimum atomic E-state index is 1.23. The molecule has 1 aliphatic heterocycles. The number of allylic oxidation sites excluding steroid dienone is 2. The first-order valence-electron chi connectivity index (χ1n) is 4.84. The molecule has 0 unspecified atom stereocenters. The molecule has 1 rings (SSSR count). The fourth-order valence-electron chi connectivity index (χ4n) is 1.40. The van der Waals surface area contributed by atoms with Crippen LogP contribution in [0.15, 0.2) is 11.8 Å². The Bertz CT molecular complexity index is 148. The first-order valence-corrected chi connectivity index (χ1v) is 5.99. The van der Waals surface area contributed by atoms with Crippen LogP contribution in [0.5, 0.6) is 0 Å². The van der Waals surface area contributed by atoms with Gasteiger partial charge in [0.2, 0.25) is 0 Å². The summed E-state index contributed by atoms with van der Waals surface area (Å²) in [7, 11) is 0. The smallest absolute Gasteiger partial charge is 0.0266 e. The molecule has 0 atom stereocenters. The molecular formula is C10H19NS. The van der Waals surface area contributed by atoms with Gasteiger partial charge in [0, 0.05) is 30.3 Å². The molecule has 1 heterocycles. The zero-order valence-corrected chi connectivity index (χ0v) is 8.99. The van der Waals surface area contributed by atoms with Crippen LogP contribution in [0.25, 0.3) is 0 Å². The van der Waals surface area contributed by atoms with Crippen LogP contribution in [0.2, 0.25) is 0 Å². The Kier molecular flexibility index (Phi) is 4.59. The molecule has 0 saturated carbocycles. The quantitative estimate of drug-likeness (QED) is 0.665. The normalized spacial score (nSPS) is 19.8. The molecule has 0 N–H and O–H groups in total. The standard InChI is InChI=1S/C10H19NS/c1-3-4-5-10(2)11-6-8-12-9-7-11/h5H,3-4,6-9H2,1-2H3/b10-5+. The van der Waals surface area contributed by atoms with Gasteiger partial charge in [-0.15, -0.1) is 0 Å². The maximum atomic E-state index is 2.51. The third-order valence-corrected chi connectivity index (χ3v) is 3.18. The molecule has 0 radical (unpaired) electrons. The molecule has 12 heavy (non-hydrogen) atoms. The third-order valence-electron chi connectivity index (χ3n) is 2.24. The van der Waals surface area contributed by atoms with Crippen LogP contribution in [0, 0.1) is 0 Å². The van der Waals surface area contributed by atoms with Crippen LogP contribution in [0.1, 0.15) is 26.7 Å². The minimum absolute atomic E-state index is 1.23. The summed E-state index contributed by atoms with van der Waals surface area (Å²) in [6.45, 7) is 6.97. The largest absolute Gasteiger partial charge is 0.374 e. The van der Waals surface area contributed by atoms with Crippen LogP contribution < -0.4 is 0 Å². The van der Waals surface area contributed by atoms with Crippen molar-refractivity contribution in [1.82, 2.24) is 4.90 Å². The number of rotatable bonds is 3. The van der Waals surface area contributed by atoms with E-state index in [2.05, 4.69) is 36.6 Å². The monoisotopic (exact) mass is 185 g/mol. The maximum Gasteiger partial charge on any atom is 0.0266 e. The fourth-order valence-corrected chi connectivity index (χ4v) is 2.30. The number of unbranched alkanes of at least 4 members (excludes halogenated alkanes) is 1. The lowest BCUT2D eigenvalue weighted by Crippen LogP contribution is -2.30. The van der Waals surface area contributed by atoms with Gasteiger partial charge in [-0.2, -0.15) is 11.8 Å². The average molecular weight is 185 g/mol. The second-order valence-corrected chi connectivity index (χ2v) is 4.46. The van der Waals surface area contributed by atoms with Crippen molar-refractivity contribution in [2.45, 2.75) is 26.7 Å². The van der Waals surface area contributed by atoms with E-state index in [0.717, 1.165) is 0 Å². The zero-order valence-electron chi connectivity index (χ0n) is 8.18. The van der Waals surface area contributed by atoms with E-state index < -0.39 is 0 Å². The van der Waals surface area contributed by atoms with Crippen molar-refractivity contribution < 1.29 is 0 Å². The summed E-state index contributed by atoms with van der Waals surface area (Å²) in [6.07, 6.45) is 4.87. The van der Waals surface area contributed by atoms with Gasteiger partial charge in [0.15, 0.2) is 0 Å². The zero-order chi connectivity index (χ0) is 8.81. The topological polar surface area (TPSA) is 3.24 Å². The van der Waals surface area contributed by atoms with E-state index in [-0.39, 0.29) is 0 Å². The Labute approximate surface area is 80.2 Å². The first-order chi connectivity index (χ1) is 5.84. The third kappa shape index (κ3) is 3.10. The maximum absolute atomic E-state index is 2.51. The van der Waals surface area contributed by atoms with Crippen LogP contribution in [0.3, 0.4) is 0 Å². The summed E-state index contributed by atoms with van der Waals surface area (Å²) in [4.78, 5) is 2.51. The van der Waals surface area contributed by atoms with Crippen LogP contribution in [0.4, 0.5) is 0 Å². The van der Waals surface area contributed by atoms with E-state index in [1.54, 1.807) is 0 Å². The summed E-state index contributed by atoms with van der Waals surface area (Å²) in [5, 5.41) is 0. The summed E-state index contributed by atoms with van der Waals surface area (Å²) in [6, 6.07) is 0. The molecule has 2 heteroatoms. The number of nitrogens with zero attached hydrogens (tertiary/aromatic N) is 1. The first kappa shape index (κ1) is 9.97. The second kappa shape index (κ2) is 5.52. The molecule has 0 aromatic carbocycles. The van der Waals surface area contributed by atoms with Crippen molar-refractivity contribution in [3.05, 3.63) is 11.8 Å². The average Bonchev–Trinajstić information content (AvgIpc) is 2.15. The van der Waals surface area contributed by atoms with Gasteiger partial charge in [0.05, 0.1) is 0 Å². The number of hydrogen-bond donors (Lipinski definition) is 0. The molecule has 1 aliphatic rings. The number of thioether (sulfide) groups is 1. The molecule has 0 amide bonds. The molecule has 0 aromatic rings. The van der Waals surface area contributed by atoms with Gasteiger partial charge in [-0.3, -0.25) is 0 Å². The van der Waals surface area contributed by atoms with Crippen molar-refractivity contribution in [2.24, 2.45) is 0 Å². The summed E-state index contributed by atoms with van der Waals surface area (Å²) in [5.41, 5.74) is 1.48. The van der Waals surface area contributed by atoms with Crippen LogP contribution in [-0.4, -0.2) is 29.5 Å². The van der Waals surface area contributed by atoms with Crippen LogP contribution in [-0.2, 0) is 0 Å². The van der Waals surface area contributed by atoms with Gasteiger partial charge in [-0.1, -0.05) is 19.4 Å². The molecule has 1 saturated heterocycles. The molecule has 70 valence electrons. The van der Waals surface area contributed by atoms with Gasteiger partial charge in [-0.25, -0.2) is 0 Å². The van der Waals surface area contributed by atoms with Gasteiger partial charge in [-0.05, 0) is 13.3 Å². The molecule has 0 spiro atoms. The van der Waals surface area contributed by atoms with Crippen molar-refractivity contribution in [2.75, 3.05) is 24.6 Å². The molecular weight excluding hydrogens is 166 g/mol. The van der Waals surface area contributed by atoms with Gasteiger partial charge in [0.25, 0.3) is 0 Å². The van der Waals surface area contributed by atoms with E-state index in [4.69, 9.17) is 0 Å². The predicted octanol–water partition coefficient (Wildman–Crippen LogP) is 2.74.